The number of aromatic hydroxyl groups is 14. The number of hydrogen-bond donors (Lipinski definition) is 25. The molecule has 616 valence electrons. The molecule has 7 aliphatic carbocycles. The molecule has 119 heavy (non-hydrogen) atoms. The summed E-state index contributed by atoms with van der Waals surface area (Å²) in [6.07, 6.45) is 0. The van der Waals surface area contributed by atoms with E-state index < -0.39 is 57.7 Å². The van der Waals surface area contributed by atoms with Crippen LogP contribution in [0.15, 0.2) is 109 Å². The van der Waals surface area contributed by atoms with Crippen LogP contribution in [0.3, 0.4) is 0 Å². The zero-order valence-electron chi connectivity index (χ0n) is 61.7. The number of thiol groups is 1. The molecule has 0 heterocycles. The molecule has 0 aromatic heterocycles. The third-order valence-electron chi connectivity index (χ3n) is 18.5. The Morgan fingerprint density at radius 1 is 0.227 bits per heavy atom. The summed E-state index contributed by atoms with van der Waals surface area (Å²) in [5.74, 6) is -9.58. The summed E-state index contributed by atoms with van der Waals surface area (Å²) in [4.78, 5) is 94.3. The van der Waals surface area contributed by atoms with Crippen LogP contribution in [0.25, 0.3) is 10.7 Å². The van der Waals surface area contributed by atoms with E-state index in [1.165, 1.54) is 49.4 Å². The van der Waals surface area contributed by atoms with Crippen molar-refractivity contribution in [2.75, 3.05) is 0 Å². The van der Waals surface area contributed by atoms with Crippen LogP contribution in [0.2, 0.25) is 0 Å². The Bertz CT molecular complexity index is 5630. The molecule has 0 amide bonds. The predicted molar refractivity (Wildman–Crippen MR) is 464 cm³/mol. The fraction of sp³-hybridized carbons (Fsp3) is 0.0909. The molecule has 7 aromatic rings. The van der Waals surface area contributed by atoms with Gasteiger partial charge >= 0.3 is 0 Å². The number of aliphatic hydroxyl groups excluding tert-OH is 1. The first-order chi connectivity index (χ1) is 55.0. The van der Waals surface area contributed by atoms with E-state index in [0.717, 1.165) is 0 Å². The lowest BCUT2D eigenvalue weighted by atomic mass is 9.88. The van der Waals surface area contributed by atoms with Crippen molar-refractivity contribution in [1.82, 2.24) is 0 Å². The van der Waals surface area contributed by atoms with E-state index in [-0.39, 0.29) is 253 Å². The Kier molecular flexibility index (Phi) is 26.1. The van der Waals surface area contributed by atoms with Gasteiger partial charge in [-0.25, -0.2) is 0 Å². The van der Waals surface area contributed by atoms with Crippen LogP contribution < -0.4 is 51.6 Å². The van der Waals surface area contributed by atoms with E-state index in [0.29, 0.717) is 38.9 Å². The van der Waals surface area contributed by atoms with Crippen LogP contribution in [0, 0.1) is 48.5 Å². The molecule has 0 bridgehead atoms. The Morgan fingerprint density at radius 2 is 0.462 bits per heavy atom. The summed E-state index contributed by atoms with van der Waals surface area (Å²) in [6, 6.07) is 9.00. The molecule has 0 unspecified atom stereocenters. The van der Waals surface area contributed by atoms with Gasteiger partial charge in [-0.05, 0) is 130 Å². The number of benzene rings is 7. The number of nitrogens with two attached hydrogens (primary N) is 9. The van der Waals surface area contributed by atoms with Gasteiger partial charge in [0.25, 0.3) is 0 Å². The summed E-state index contributed by atoms with van der Waals surface area (Å²) < 4.78 is 0. The minimum Gasteiger partial charge on any atom is -0.507 e. The van der Waals surface area contributed by atoms with Crippen LogP contribution in [-0.4, -0.2) is 152 Å². The van der Waals surface area contributed by atoms with E-state index in [1.54, 1.807) is 41.5 Å². The van der Waals surface area contributed by atoms with Gasteiger partial charge in [0.1, 0.15) is 113 Å². The fourth-order valence-electron chi connectivity index (χ4n) is 12.1. The number of thiocarbonyl (C=S) groups is 6. The summed E-state index contributed by atoms with van der Waals surface area (Å²) in [5, 5.41) is 146. The second kappa shape index (κ2) is 33.9. The molecule has 7 aromatic carbocycles. The van der Waals surface area contributed by atoms with E-state index in [2.05, 4.69) is 12.6 Å². The quantitative estimate of drug-likeness (QED) is 0.0299. The zero-order chi connectivity index (χ0) is 90.3. The molecule has 0 atom stereocenters. The lowest BCUT2D eigenvalue weighted by molar-refractivity contribution is -0.112. The Morgan fingerprint density at radius 3 is 0.824 bits per heavy atom. The van der Waals surface area contributed by atoms with Crippen LogP contribution >= 0.6 is 121 Å². The van der Waals surface area contributed by atoms with E-state index in [9.17, 15) is 115 Å². The normalized spacial score (nSPS) is 15.2. The number of aliphatic hydroxyl groups is 1. The summed E-state index contributed by atoms with van der Waals surface area (Å²) in [5.41, 5.74) is 50.2. The average molecular weight is 1810 g/mol. The summed E-state index contributed by atoms with van der Waals surface area (Å²) >= 11 is 51.2. The van der Waals surface area contributed by atoms with Gasteiger partial charge in [0, 0.05) is 10.5 Å². The molecule has 0 fully saturated rings. The lowest BCUT2D eigenvalue weighted by Gasteiger charge is -2.21. The van der Waals surface area contributed by atoms with Gasteiger partial charge in [0.15, 0.2) is 5.76 Å². The van der Waals surface area contributed by atoms with Crippen LogP contribution in [0.4, 0.5) is 0 Å². The Balaban J connectivity index is 0.000000173. The zero-order valence-corrected chi connectivity index (χ0v) is 69.8. The maximum absolute atomic E-state index is 11.9. The van der Waals surface area contributed by atoms with Gasteiger partial charge in [-0.1, -0.05) is 108 Å². The highest BCUT2D eigenvalue weighted by atomic mass is 35.5. The number of aryl methyl sites for hydroxylation is 7. The molecule has 14 rings (SSSR count). The van der Waals surface area contributed by atoms with E-state index >= 15 is 0 Å². The predicted octanol–water partition coefficient (Wildman–Crippen LogP) is 7.71. The molecule has 42 heteroatoms. The minimum atomic E-state index is -0.942. The number of Topliss-reactive ketones (excluding diaryl/α,β-unsaturated/α-hetero) is 8. The second-order valence-corrected chi connectivity index (χ2v) is 30.2. The molecular formula is C77H62Cl3N9O23S7. The van der Waals surface area contributed by atoms with Crippen molar-refractivity contribution in [1.29, 1.82) is 0 Å². The van der Waals surface area contributed by atoms with Gasteiger partial charge in [0.2, 0.25) is 46.3 Å². The van der Waals surface area contributed by atoms with Gasteiger partial charge in [-0.15, -0.1) is 12.6 Å². The second-order valence-electron chi connectivity index (χ2n) is 26.1. The molecule has 0 saturated carbocycles. The van der Waals surface area contributed by atoms with Gasteiger partial charge < -0.3 is 128 Å². The third kappa shape index (κ3) is 15.6. The van der Waals surface area contributed by atoms with Gasteiger partial charge in [-0.3, -0.25) is 38.4 Å². The third-order valence-corrected chi connectivity index (χ3v) is 22.7. The number of ketones is 8. The lowest BCUT2D eigenvalue weighted by Crippen LogP contribution is -2.30. The number of phenolic OH excluding ortho intramolecular Hbond substituents is 14. The highest BCUT2D eigenvalue weighted by Crippen LogP contribution is 2.48. The first kappa shape index (κ1) is 91.6. The Hall–Kier alpha value is -13.0. The number of phenols is 14. The maximum Gasteiger partial charge on any atom is 0.250 e. The van der Waals surface area contributed by atoms with Crippen molar-refractivity contribution in [2.45, 2.75) is 48.5 Å². The number of fused-ring (bicyclic) bond motifs is 7. The summed E-state index contributed by atoms with van der Waals surface area (Å²) in [6.45, 7) is 10.9. The number of hydrogen-bond acceptors (Lipinski definition) is 39. The highest BCUT2D eigenvalue weighted by molar-refractivity contribution is 7.90. The topological polar surface area (TPSA) is 674 Å². The molecule has 32 nitrogen and oxygen atoms in total. The molecule has 0 radical (unpaired) electrons. The van der Waals surface area contributed by atoms with Gasteiger partial charge in [-0.2, -0.15) is 0 Å². The SMILES string of the molecule is Cc1cc(O)c2c(c1O)C(=O)C(Cl)=C(N)C2=S.Cc1cc(O)c2c(c1O)C(=O)C(N)=C(Cl)C2=S.Cc1cc(O)c2c(c1O)C(=O)C(N)=C(N)C2=S.Cc1cc(O)c2c(c1O)C(=S)C(N)=C(Cl)C2=O.Cc1cc(O)c2c(c1O)C(=S)C(N)=C(N)C2=O.Cc1cc(O)c2c(c1O)C(O)=C(N)C(=O)C2=S.Cc1cc(O)c2c(c1O)C(S)=C(N)C(=O)C2=O. The number of carbonyl (C=O) groups excluding carboxylic acids is 8. The summed E-state index contributed by atoms with van der Waals surface area (Å²) in [7, 11) is 0. The monoisotopic (exact) mass is 1810 g/mol. The largest absolute Gasteiger partial charge is 0.507 e. The van der Waals surface area contributed by atoms with E-state index in [4.69, 9.17) is 160 Å². The smallest absolute Gasteiger partial charge is 0.250 e. The molecule has 0 spiro atoms. The van der Waals surface area contributed by atoms with Crippen molar-refractivity contribution in [3.05, 3.63) is 226 Å². The fourth-order valence-corrected chi connectivity index (χ4v) is 14.9. The number of carbonyl (C=O) groups is 8. The van der Waals surface area contributed by atoms with Crippen LogP contribution in [-0.2, 0) is 9.59 Å². The molecule has 33 N–H and O–H groups in total. The van der Waals surface area contributed by atoms with Crippen molar-refractivity contribution in [3.8, 4) is 80.5 Å². The number of allylic oxidation sites excluding steroid dienone is 12. The Labute approximate surface area is 722 Å². The van der Waals surface area contributed by atoms with Crippen molar-refractivity contribution in [2.24, 2.45) is 51.6 Å². The molecule has 0 aliphatic heterocycles. The van der Waals surface area contributed by atoms with Gasteiger partial charge in [0.05, 0.1) is 135 Å². The first-order valence-electron chi connectivity index (χ1n) is 32.9. The number of halogens is 3. The van der Waals surface area contributed by atoms with E-state index in [1.807, 2.05) is 0 Å². The molecular weight excluding hydrogens is 1750 g/mol. The van der Waals surface area contributed by atoms with Crippen molar-refractivity contribution < 1.29 is 115 Å². The van der Waals surface area contributed by atoms with Crippen LogP contribution in [0.1, 0.15) is 146 Å². The van der Waals surface area contributed by atoms with Crippen molar-refractivity contribution >= 4 is 207 Å². The van der Waals surface area contributed by atoms with Crippen LogP contribution in [0.5, 0.6) is 80.5 Å². The van der Waals surface area contributed by atoms with Crippen molar-refractivity contribution in [3.63, 3.8) is 0 Å². The standard InChI is InChI=1S/3C11H8ClNO3S.2C11H10N2O3S.2C11H9NO4S/c1-3-2-4(14)5-6(9(3)15)10(16)8(13)7(12)11(5)17;1-3-2-4(14)5-6(9(3)15)10(16)7(12)8(13)11(5)17;1-3-2-4(14)5-6(9(3)15)11(17)8(13)7(12)10(5)16;1-3-2-4(14)5-6(9(3)15)10(16)7(12)8(13)11(5)17;1-3-2-4(14)5-6(9(3)15)11(17)8(13)7(12)10(5)16;1-3-2-4(13)5-6(8(3)14)9(15)7(12)10(16)11(5)17;1-3-2-4(13)5-6(8(3)14)11(17)7(12)10(16)9(5)15/h3*2,14-15H,13H2,1H3;2*2,14-15H,12-13H2,1H3;2,13-15H,12H2,1H3;2,13-14,17H,12H2,1H3. The first-order valence-corrected chi connectivity index (χ1v) is 36.9. The molecule has 0 saturated heterocycles. The minimum absolute atomic E-state index is 0.00102. The highest BCUT2D eigenvalue weighted by Gasteiger charge is 2.41. The average Bonchev–Trinajstić information content (AvgIpc) is 0.798. The maximum atomic E-state index is 11.9. The number of rotatable bonds is 0. The molecule has 7 aliphatic rings.